The average molecular weight is 166 g/mol. The van der Waals surface area contributed by atoms with Gasteiger partial charge in [0.1, 0.15) is 0 Å². The maximum Gasteiger partial charge on any atom is 0.0753 e. The van der Waals surface area contributed by atoms with Crippen LogP contribution in [0.5, 0.6) is 0 Å². The highest BCUT2D eigenvalue weighted by molar-refractivity contribution is 5.09. The minimum absolute atomic E-state index is 0.0776. The molecule has 0 aliphatic heterocycles. The summed E-state index contributed by atoms with van der Waals surface area (Å²) in [6.45, 7) is 1.75. The van der Waals surface area contributed by atoms with Crippen molar-refractivity contribution in [3.63, 3.8) is 0 Å². The summed E-state index contributed by atoms with van der Waals surface area (Å²) < 4.78 is 0. The minimum Gasteiger partial charge on any atom is -0.391 e. The number of aromatic nitrogens is 1. The van der Waals surface area contributed by atoms with Crippen molar-refractivity contribution >= 4 is 0 Å². The number of nitrogens with zero attached hydrogens (tertiary/aromatic N) is 1. The van der Waals surface area contributed by atoms with Gasteiger partial charge in [-0.3, -0.25) is 4.98 Å². The van der Waals surface area contributed by atoms with Crippen LogP contribution in [-0.4, -0.2) is 23.2 Å². The molecular formula is C9H14N2O. The van der Waals surface area contributed by atoms with Crippen LogP contribution in [0.1, 0.15) is 18.7 Å². The number of aliphatic hydroxyl groups excluding tert-OH is 1. The number of nitrogens with one attached hydrogen (secondary N) is 1. The number of pyridine rings is 1. The summed E-state index contributed by atoms with van der Waals surface area (Å²) >= 11 is 0. The molecule has 0 bridgehead atoms. The van der Waals surface area contributed by atoms with Gasteiger partial charge in [-0.2, -0.15) is 0 Å². The second kappa shape index (κ2) is 4.18. The molecule has 1 rings (SSSR count). The van der Waals surface area contributed by atoms with Crippen molar-refractivity contribution in [2.24, 2.45) is 0 Å². The van der Waals surface area contributed by atoms with Crippen LogP contribution in [0.2, 0.25) is 0 Å². The highest BCUT2D eigenvalue weighted by Gasteiger charge is 2.14. The molecule has 0 aliphatic carbocycles. The van der Waals surface area contributed by atoms with Gasteiger partial charge in [-0.15, -0.1) is 0 Å². The van der Waals surface area contributed by atoms with Gasteiger partial charge in [0.05, 0.1) is 17.8 Å². The van der Waals surface area contributed by atoms with Gasteiger partial charge in [-0.05, 0) is 26.1 Å². The van der Waals surface area contributed by atoms with Crippen LogP contribution in [0.4, 0.5) is 0 Å². The Kier molecular flexibility index (Phi) is 3.19. The summed E-state index contributed by atoms with van der Waals surface area (Å²) in [5, 5.41) is 12.4. The van der Waals surface area contributed by atoms with Crippen molar-refractivity contribution in [3.8, 4) is 0 Å². The van der Waals surface area contributed by atoms with E-state index in [1.165, 1.54) is 0 Å². The first-order chi connectivity index (χ1) is 5.75. The van der Waals surface area contributed by atoms with E-state index in [0.717, 1.165) is 5.69 Å². The van der Waals surface area contributed by atoms with Gasteiger partial charge >= 0.3 is 0 Å². The molecule has 0 saturated heterocycles. The van der Waals surface area contributed by atoms with E-state index < -0.39 is 6.10 Å². The molecular weight excluding hydrogens is 152 g/mol. The Balaban J connectivity index is 2.80. The first kappa shape index (κ1) is 9.16. The highest BCUT2D eigenvalue weighted by atomic mass is 16.3. The predicted molar refractivity (Wildman–Crippen MR) is 47.7 cm³/mol. The lowest BCUT2D eigenvalue weighted by Crippen LogP contribution is -2.27. The summed E-state index contributed by atoms with van der Waals surface area (Å²) in [6.07, 6.45) is 1.30. The summed E-state index contributed by atoms with van der Waals surface area (Å²) in [5.74, 6) is 0. The van der Waals surface area contributed by atoms with E-state index in [1.807, 2.05) is 25.2 Å². The molecule has 0 spiro atoms. The van der Waals surface area contributed by atoms with Gasteiger partial charge in [-0.1, -0.05) is 6.07 Å². The zero-order valence-electron chi connectivity index (χ0n) is 7.36. The van der Waals surface area contributed by atoms with Crippen molar-refractivity contribution in [1.82, 2.24) is 10.3 Å². The van der Waals surface area contributed by atoms with Gasteiger partial charge in [0.2, 0.25) is 0 Å². The molecule has 2 atom stereocenters. The first-order valence-electron chi connectivity index (χ1n) is 4.02. The third-order valence-electron chi connectivity index (χ3n) is 1.80. The van der Waals surface area contributed by atoms with Gasteiger partial charge in [0, 0.05) is 6.20 Å². The van der Waals surface area contributed by atoms with Crippen molar-refractivity contribution in [1.29, 1.82) is 0 Å². The van der Waals surface area contributed by atoms with Crippen LogP contribution in [-0.2, 0) is 0 Å². The summed E-state index contributed by atoms with van der Waals surface area (Å²) in [5.41, 5.74) is 0.870. The average Bonchev–Trinajstić information content (AvgIpc) is 2.07. The predicted octanol–water partition coefficient (Wildman–Crippen LogP) is 0.723. The lowest BCUT2D eigenvalue weighted by molar-refractivity contribution is 0.148. The molecule has 2 N–H and O–H groups in total. The van der Waals surface area contributed by atoms with Crippen LogP contribution in [0, 0.1) is 0 Å². The number of aliphatic hydroxyl groups is 1. The van der Waals surface area contributed by atoms with Crippen LogP contribution >= 0.6 is 0 Å². The molecule has 3 heteroatoms. The Morgan fingerprint density at radius 3 is 2.67 bits per heavy atom. The quantitative estimate of drug-likeness (QED) is 0.695. The largest absolute Gasteiger partial charge is 0.391 e. The fourth-order valence-electron chi connectivity index (χ4n) is 1.20. The van der Waals surface area contributed by atoms with Gasteiger partial charge in [-0.25, -0.2) is 0 Å². The molecule has 0 aromatic carbocycles. The summed E-state index contributed by atoms with van der Waals surface area (Å²) in [6, 6.07) is 5.59. The zero-order valence-corrected chi connectivity index (χ0v) is 7.36. The lowest BCUT2D eigenvalue weighted by Gasteiger charge is -2.17. The van der Waals surface area contributed by atoms with E-state index >= 15 is 0 Å². The Morgan fingerprint density at radius 1 is 1.50 bits per heavy atom. The van der Waals surface area contributed by atoms with Crippen molar-refractivity contribution in [2.45, 2.75) is 19.1 Å². The first-order valence-corrected chi connectivity index (χ1v) is 4.02. The number of rotatable bonds is 3. The maximum atomic E-state index is 9.36. The fourth-order valence-corrected chi connectivity index (χ4v) is 1.20. The molecule has 3 nitrogen and oxygen atoms in total. The van der Waals surface area contributed by atoms with Crippen LogP contribution in [0.25, 0.3) is 0 Å². The molecule has 66 valence electrons. The highest BCUT2D eigenvalue weighted by Crippen LogP contribution is 2.12. The SMILES string of the molecule is CNC(c1ccccn1)C(C)O. The summed E-state index contributed by atoms with van der Waals surface area (Å²) in [7, 11) is 1.81. The van der Waals surface area contributed by atoms with Crippen LogP contribution in [0.15, 0.2) is 24.4 Å². The van der Waals surface area contributed by atoms with Crippen molar-refractivity contribution in [3.05, 3.63) is 30.1 Å². The number of likely N-dealkylation sites (N-methyl/N-ethyl adjacent to an activating group) is 1. The third-order valence-corrected chi connectivity index (χ3v) is 1.80. The lowest BCUT2D eigenvalue weighted by atomic mass is 10.1. The van der Waals surface area contributed by atoms with Crippen molar-refractivity contribution in [2.75, 3.05) is 7.05 Å². The van der Waals surface area contributed by atoms with Gasteiger partial charge in [0.25, 0.3) is 0 Å². The molecule has 0 saturated carbocycles. The Bertz CT molecular complexity index is 223. The molecule has 1 aromatic heterocycles. The van der Waals surface area contributed by atoms with E-state index in [0.29, 0.717) is 0 Å². The number of hydrogen-bond donors (Lipinski definition) is 2. The van der Waals surface area contributed by atoms with Crippen LogP contribution < -0.4 is 5.32 Å². The third kappa shape index (κ3) is 2.03. The van der Waals surface area contributed by atoms with Gasteiger partial charge in [0.15, 0.2) is 0 Å². The molecule has 0 amide bonds. The fraction of sp³-hybridized carbons (Fsp3) is 0.444. The van der Waals surface area contributed by atoms with Crippen LogP contribution in [0.3, 0.4) is 0 Å². The van der Waals surface area contributed by atoms with Crippen molar-refractivity contribution < 1.29 is 5.11 Å². The number of hydrogen-bond acceptors (Lipinski definition) is 3. The van der Waals surface area contributed by atoms with E-state index in [9.17, 15) is 5.11 Å². The van der Waals surface area contributed by atoms with E-state index in [1.54, 1.807) is 13.1 Å². The monoisotopic (exact) mass is 166 g/mol. The maximum absolute atomic E-state index is 9.36. The Morgan fingerprint density at radius 2 is 2.25 bits per heavy atom. The Labute approximate surface area is 72.5 Å². The Hall–Kier alpha value is -0.930. The van der Waals surface area contributed by atoms with E-state index in [4.69, 9.17) is 0 Å². The van der Waals surface area contributed by atoms with E-state index in [-0.39, 0.29) is 6.04 Å². The second-order valence-corrected chi connectivity index (χ2v) is 2.76. The zero-order chi connectivity index (χ0) is 8.97. The molecule has 0 fully saturated rings. The summed E-state index contributed by atoms with van der Waals surface area (Å²) in [4.78, 5) is 4.15. The molecule has 2 unspecified atom stereocenters. The molecule has 0 aliphatic rings. The molecule has 0 radical (unpaired) electrons. The van der Waals surface area contributed by atoms with Gasteiger partial charge < -0.3 is 10.4 Å². The topological polar surface area (TPSA) is 45.2 Å². The molecule has 12 heavy (non-hydrogen) atoms. The standard InChI is InChI=1S/C9H14N2O/c1-7(12)9(10-2)8-5-3-4-6-11-8/h3-7,9-10,12H,1-2H3. The normalized spacial score (nSPS) is 15.6. The minimum atomic E-state index is -0.426. The second-order valence-electron chi connectivity index (χ2n) is 2.76. The molecule has 1 heterocycles. The molecule has 1 aromatic rings. The van der Waals surface area contributed by atoms with E-state index in [2.05, 4.69) is 10.3 Å². The smallest absolute Gasteiger partial charge is 0.0753 e.